The zero-order valence-electron chi connectivity index (χ0n) is 46.0. The Morgan fingerprint density at radius 2 is 0.730 bits per heavy atom. The van der Waals surface area contributed by atoms with Crippen molar-refractivity contribution in [1.82, 2.24) is 10.6 Å². The van der Waals surface area contributed by atoms with E-state index in [-0.39, 0.29) is 0 Å². The predicted molar refractivity (Wildman–Crippen MR) is 285 cm³/mol. The molecule has 5 aliphatic carbocycles. The van der Waals surface area contributed by atoms with Crippen molar-refractivity contribution in [2.75, 3.05) is 39.4 Å². The van der Waals surface area contributed by atoms with Crippen LogP contribution in [0.25, 0.3) is 0 Å². The fraction of sp³-hybridized carbons (Fsp3) is 0.933. The van der Waals surface area contributed by atoms with Crippen LogP contribution in [-0.2, 0) is 4.74 Å². The maximum Gasteiger partial charge on any atom is 0.0468 e. The summed E-state index contributed by atoms with van der Waals surface area (Å²) in [6.45, 7) is 43.9. The van der Waals surface area contributed by atoms with Crippen LogP contribution in [0.2, 0.25) is 0 Å². The third kappa shape index (κ3) is 30.4. The summed E-state index contributed by atoms with van der Waals surface area (Å²) in [5, 5.41) is 6.61. The van der Waals surface area contributed by atoms with Crippen molar-refractivity contribution in [2.45, 2.75) is 233 Å². The van der Waals surface area contributed by atoms with E-state index in [4.69, 9.17) is 4.74 Å². The van der Waals surface area contributed by atoms with Crippen molar-refractivity contribution in [1.29, 1.82) is 0 Å². The molecule has 3 saturated heterocycles. The minimum Gasteiger partial charge on any atom is -0.381 e. The number of piperidine rings is 1. The molecule has 0 amide bonds. The van der Waals surface area contributed by atoms with E-state index in [1.165, 1.54) is 147 Å². The molecule has 2 N–H and O–H groups in total. The maximum atomic E-state index is 5.25. The van der Waals surface area contributed by atoms with Crippen molar-refractivity contribution in [3.05, 3.63) is 23.8 Å². The molecule has 0 atom stereocenters. The second-order valence-corrected chi connectivity index (χ2v) is 24.1. The van der Waals surface area contributed by atoms with E-state index in [1.54, 1.807) is 0 Å². The first kappa shape index (κ1) is 60.4. The van der Waals surface area contributed by atoms with Gasteiger partial charge in [0, 0.05) is 13.2 Å². The van der Waals surface area contributed by atoms with Crippen LogP contribution in [-0.4, -0.2) is 39.4 Å². The zero-order valence-corrected chi connectivity index (χ0v) is 46.0. The topological polar surface area (TPSA) is 33.3 Å². The molecule has 0 bridgehead atoms. The Labute approximate surface area is 398 Å². The van der Waals surface area contributed by atoms with Gasteiger partial charge in [0.05, 0.1) is 0 Å². The van der Waals surface area contributed by atoms with Crippen LogP contribution >= 0.6 is 0 Å². The van der Waals surface area contributed by atoms with Gasteiger partial charge in [0.2, 0.25) is 0 Å². The van der Waals surface area contributed by atoms with Crippen molar-refractivity contribution in [3.8, 4) is 0 Å². The summed E-state index contributed by atoms with van der Waals surface area (Å²) in [7, 11) is 0. The lowest BCUT2D eigenvalue weighted by Gasteiger charge is -2.30. The Kier molecular flexibility index (Phi) is 34.9. The fourth-order valence-electron chi connectivity index (χ4n) is 9.87. The molecule has 0 unspecified atom stereocenters. The number of nitrogens with one attached hydrogen (secondary N) is 2. The lowest BCUT2D eigenvalue weighted by molar-refractivity contribution is 0.0523. The molecule has 0 spiro atoms. The van der Waals surface area contributed by atoms with Crippen LogP contribution in [0.4, 0.5) is 0 Å². The number of ether oxygens (including phenoxy) is 1. The highest BCUT2D eigenvalue weighted by Gasteiger charge is 2.24. The van der Waals surface area contributed by atoms with E-state index in [1.807, 2.05) is 0 Å². The molecule has 3 heterocycles. The summed E-state index contributed by atoms with van der Waals surface area (Å²) in [5.74, 6) is 14.3. The summed E-state index contributed by atoms with van der Waals surface area (Å²) < 4.78 is 5.25. The second kappa shape index (κ2) is 36.4. The van der Waals surface area contributed by atoms with Crippen LogP contribution in [0.15, 0.2) is 23.8 Å². The van der Waals surface area contributed by atoms with Gasteiger partial charge in [-0.3, -0.25) is 0 Å². The molecule has 8 rings (SSSR count). The number of rotatable bonds is 8. The lowest BCUT2D eigenvalue weighted by Crippen LogP contribution is -2.44. The first-order valence-corrected chi connectivity index (χ1v) is 28.3. The van der Waals surface area contributed by atoms with Gasteiger partial charge in [0.15, 0.2) is 0 Å². The first-order valence-electron chi connectivity index (χ1n) is 28.3. The Hall–Kier alpha value is -0.640. The van der Waals surface area contributed by atoms with Gasteiger partial charge in [0.1, 0.15) is 0 Å². The Morgan fingerprint density at radius 1 is 0.381 bits per heavy atom. The quantitative estimate of drug-likeness (QED) is 0.255. The van der Waals surface area contributed by atoms with Crippen LogP contribution in [0.1, 0.15) is 233 Å². The largest absolute Gasteiger partial charge is 0.381 e. The molecule has 374 valence electrons. The minimum absolute atomic E-state index is 0.716. The normalized spacial score (nSPS) is 22.2. The van der Waals surface area contributed by atoms with Crippen molar-refractivity contribution < 1.29 is 4.74 Å². The molecule has 3 aliphatic heterocycles. The molecular formula is C60H118N2O. The summed E-state index contributed by atoms with van der Waals surface area (Å²) in [4.78, 5) is 0. The van der Waals surface area contributed by atoms with E-state index < -0.39 is 0 Å². The van der Waals surface area contributed by atoms with Gasteiger partial charge < -0.3 is 15.4 Å². The highest BCUT2D eigenvalue weighted by Crippen LogP contribution is 2.36. The third-order valence-corrected chi connectivity index (χ3v) is 16.4. The average Bonchev–Trinajstić information content (AvgIpc) is 3.64. The zero-order chi connectivity index (χ0) is 47.2. The van der Waals surface area contributed by atoms with Crippen LogP contribution < -0.4 is 10.6 Å². The SMILES string of the molecule is CC(C)C1=CCC=C1.CC(C)C1CC1.CC(C)C1CCC1.CC(C)C1CCCC1.CC(C)C1CCCCC1.CC(C)C1CCNCC1.CC(C)C1CCOCC1.CC(C)C1CNC1. The van der Waals surface area contributed by atoms with Gasteiger partial charge in [0.25, 0.3) is 0 Å². The van der Waals surface area contributed by atoms with Crippen molar-refractivity contribution >= 4 is 0 Å². The van der Waals surface area contributed by atoms with E-state index >= 15 is 0 Å². The predicted octanol–water partition coefficient (Wildman–Crippen LogP) is 17.7. The molecule has 3 heteroatoms. The summed E-state index contributed by atoms with van der Waals surface area (Å²) in [6, 6.07) is 0. The number of hydrogen-bond donors (Lipinski definition) is 2. The van der Waals surface area contributed by atoms with E-state index in [9.17, 15) is 0 Å². The first-order chi connectivity index (χ1) is 29.9. The molecule has 0 aromatic carbocycles. The van der Waals surface area contributed by atoms with Gasteiger partial charge in [-0.1, -0.05) is 206 Å². The summed E-state index contributed by atoms with van der Waals surface area (Å²) >= 11 is 0. The molecule has 63 heavy (non-hydrogen) atoms. The fourth-order valence-corrected chi connectivity index (χ4v) is 9.87. The third-order valence-electron chi connectivity index (χ3n) is 16.4. The Morgan fingerprint density at radius 3 is 0.921 bits per heavy atom. The minimum atomic E-state index is 0.716. The summed E-state index contributed by atoms with van der Waals surface area (Å²) in [6.07, 6.45) is 34.1. The van der Waals surface area contributed by atoms with Gasteiger partial charge in [-0.25, -0.2) is 0 Å². The second-order valence-electron chi connectivity index (χ2n) is 24.1. The van der Waals surface area contributed by atoms with E-state index in [2.05, 4.69) is 140 Å². The standard InChI is InChI=1S/C9H18.C8H17N.C8H16O.C8H16.C8H12.C7H14.C6H13N.C6H12/c1-8(2)9-6-4-3-5-7-9;2*1-7(2)8-3-5-9-6-4-8;2*1-7(2)8-5-3-4-6-8;1-6(2)7-4-3-5-7;1-5(2)6-3-7-4-6;1-5(2)6-3-4-6/h8-9H,3-7H2,1-2H3;7-9H,3-6H2,1-2H3;7-8H,3-6H2,1-2H3;7-8H,3-6H2,1-2H3;3,5-7H,4H2,1-2H3;6-7H,3-5H2,1-2H3;5-7H,3-4H2,1-2H3;5-6H,3-4H2,1-2H3. The van der Waals surface area contributed by atoms with Crippen LogP contribution in [0.3, 0.4) is 0 Å². The molecule has 0 aromatic rings. The Bertz CT molecular complexity index is 993. The lowest BCUT2D eigenvalue weighted by atomic mass is 9.78. The smallest absolute Gasteiger partial charge is 0.0468 e. The van der Waals surface area contributed by atoms with Crippen molar-refractivity contribution in [2.24, 2.45) is 88.8 Å². The highest BCUT2D eigenvalue weighted by molar-refractivity contribution is 5.27. The van der Waals surface area contributed by atoms with E-state index in [0.29, 0.717) is 5.92 Å². The summed E-state index contributed by atoms with van der Waals surface area (Å²) in [5.41, 5.74) is 1.49. The van der Waals surface area contributed by atoms with Crippen LogP contribution in [0, 0.1) is 88.8 Å². The van der Waals surface area contributed by atoms with Gasteiger partial charge >= 0.3 is 0 Å². The molecule has 0 aromatic heterocycles. The highest BCUT2D eigenvalue weighted by atomic mass is 16.5. The molecular weight excluding hydrogens is 765 g/mol. The monoisotopic (exact) mass is 883 g/mol. The number of hydrogen-bond acceptors (Lipinski definition) is 3. The van der Waals surface area contributed by atoms with Crippen LogP contribution in [0.5, 0.6) is 0 Å². The molecule has 4 saturated carbocycles. The average molecular weight is 884 g/mol. The maximum absolute atomic E-state index is 5.25. The molecule has 8 aliphatic rings. The van der Waals surface area contributed by atoms with Gasteiger partial charge in [-0.2, -0.15) is 0 Å². The van der Waals surface area contributed by atoms with E-state index in [0.717, 1.165) is 102 Å². The molecule has 3 nitrogen and oxygen atoms in total. The Balaban J connectivity index is 0.000000361. The molecule has 7 fully saturated rings. The van der Waals surface area contributed by atoms with Gasteiger partial charge in [-0.05, 0) is 165 Å². The number of allylic oxidation sites excluding steroid dienone is 4. The molecule has 0 radical (unpaired) electrons. The van der Waals surface area contributed by atoms with Gasteiger partial charge in [-0.15, -0.1) is 0 Å². The van der Waals surface area contributed by atoms with Crippen molar-refractivity contribution in [3.63, 3.8) is 0 Å².